The maximum Gasteiger partial charge on any atom is 0.310 e. The molecule has 0 heterocycles. The molecule has 5 heteroatoms. The molecule has 1 atom stereocenters. The molecule has 0 aliphatic rings. The van der Waals surface area contributed by atoms with Crippen molar-refractivity contribution in [2.45, 2.75) is 12.8 Å². The zero-order valence-corrected chi connectivity index (χ0v) is 9.84. The van der Waals surface area contributed by atoms with Gasteiger partial charge >= 0.3 is 5.97 Å². The molecule has 1 rings (SSSR count). The van der Waals surface area contributed by atoms with Crippen LogP contribution in [0.15, 0.2) is 16.6 Å². The second-order valence-electron chi connectivity index (χ2n) is 3.07. The maximum atomic E-state index is 13.4. The number of halogens is 2. The minimum Gasteiger partial charge on any atom is -0.493 e. The van der Waals surface area contributed by atoms with Gasteiger partial charge in [-0.3, -0.25) is 4.79 Å². The first kappa shape index (κ1) is 12.0. The summed E-state index contributed by atoms with van der Waals surface area (Å²) in [5.41, 5.74) is 0.317. The van der Waals surface area contributed by atoms with Crippen LogP contribution in [0, 0.1) is 5.82 Å². The summed E-state index contributed by atoms with van der Waals surface area (Å²) >= 11 is 3.11. The van der Waals surface area contributed by atoms with E-state index in [1.54, 1.807) is 6.07 Å². The minimum absolute atomic E-state index is 0.0203. The Labute approximate surface area is 95.0 Å². The topological polar surface area (TPSA) is 46.5 Å². The summed E-state index contributed by atoms with van der Waals surface area (Å²) in [4.78, 5) is 10.8. The molecule has 15 heavy (non-hydrogen) atoms. The van der Waals surface area contributed by atoms with Gasteiger partial charge in [0, 0.05) is 10.0 Å². The lowest BCUT2D eigenvalue weighted by Crippen LogP contribution is -2.09. The summed E-state index contributed by atoms with van der Waals surface area (Å²) in [5, 5.41) is 8.84. The van der Waals surface area contributed by atoms with Crippen molar-refractivity contribution in [3.8, 4) is 5.75 Å². The normalized spacial score (nSPS) is 12.3. The van der Waals surface area contributed by atoms with Crippen molar-refractivity contribution in [1.82, 2.24) is 0 Å². The van der Waals surface area contributed by atoms with Gasteiger partial charge in [-0.25, -0.2) is 4.39 Å². The van der Waals surface area contributed by atoms with Crippen molar-refractivity contribution in [2.24, 2.45) is 0 Å². The van der Waals surface area contributed by atoms with Crippen LogP contribution in [0.1, 0.15) is 18.4 Å². The van der Waals surface area contributed by atoms with Crippen molar-refractivity contribution in [2.75, 3.05) is 7.11 Å². The van der Waals surface area contributed by atoms with Gasteiger partial charge in [0.25, 0.3) is 0 Å². The van der Waals surface area contributed by atoms with Crippen molar-refractivity contribution in [3.05, 3.63) is 28.0 Å². The average molecular weight is 277 g/mol. The van der Waals surface area contributed by atoms with E-state index in [1.165, 1.54) is 20.1 Å². The Morgan fingerprint density at radius 1 is 1.60 bits per heavy atom. The maximum absolute atomic E-state index is 13.4. The summed E-state index contributed by atoms with van der Waals surface area (Å²) < 4.78 is 18.7. The smallest absolute Gasteiger partial charge is 0.310 e. The SMILES string of the molecule is COc1c(F)cc(Br)cc1C(C)C(=O)O. The third-order valence-electron chi connectivity index (χ3n) is 2.08. The number of carboxylic acid groups (broad SMARTS) is 1. The largest absolute Gasteiger partial charge is 0.493 e. The predicted molar refractivity (Wildman–Crippen MR) is 56.7 cm³/mol. The molecular weight excluding hydrogens is 267 g/mol. The van der Waals surface area contributed by atoms with Crippen molar-refractivity contribution < 1.29 is 19.0 Å². The standard InChI is InChI=1S/C10H10BrFO3/c1-5(10(13)14)7-3-6(11)4-8(12)9(7)15-2/h3-5H,1-2H3,(H,13,14). The van der Waals surface area contributed by atoms with Crippen molar-refractivity contribution in [1.29, 1.82) is 0 Å². The first-order valence-electron chi connectivity index (χ1n) is 4.23. The van der Waals surface area contributed by atoms with Crippen LogP contribution in [0.5, 0.6) is 5.75 Å². The predicted octanol–water partition coefficient (Wildman–Crippen LogP) is 2.78. The Hall–Kier alpha value is -1.10. The molecule has 1 aromatic rings. The zero-order chi connectivity index (χ0) is 11.6. The van der Waals surface area contributed by atoms with E-state index < -0.39 is 17.7 Å². The molecule has 0 amide bonds. The molecule has 3 nitrogen and oxygen atoms in total. The Morgan fingerprint density at radius 2 is 2.20 bits per heavy atom. The average Bonchev–Trinajstić information content (AvgIpc) is 2.15. The van der Waals surface area contributed by atoms with Crippen LogP contribution in [0.4, 0.5) is 4.39 Å². The molecule has 1 N–H and O–H groups in total. The van der Waals surface area contributed by atoms with E-state index >= 15 is 0 Å². The van der Waals surface area contributed by atoms with Gasteiger partial charge in [0.1, 0.15) is 0 Å². The van der Waals surface area contributed by atoms with Crippen LogP contribution in [0.3, 0.4) is 0 Å². The molecule has 0 saturated heterocycles. The fraction of sp³-hybridized carbons (Fsp3) is 0.300. The van der Waals surface area contributed by atoms with E-state index in [1.807, 2.05) is 0 Å². The second kappa shape index (κ2) is 4.61. The van der Waals surface area contributed by atoms with Gasteiger partial charge in [0.05, 0.1) is 13.0 Å². The van der Waals surface area contributed by atoms with Crippen LogP contribution in [0.2, 0.25) is 0 Å². The molecule has 0 aliphatic heterocycles. The number of ether oxygens (including phenoxy) is 1. The number of aliphatic carboxylic acids is 1. The molecule has 1 aromatic carbocycles. The zero-order valence-electron chi connectivity index (χ0n) is 8.25. The van der Waals surface area contributed by atoms with Gasteiger partial charge in [-0.05, 0) is 19.1 Å². The van der Waals surface area contributed by atoms with Crippen LogP contribution in [-0.2, 0) is 4.79 Å². The molecule has 1 unspecified atom stereocenters. The minimum atomic E-state index is -1.02. The quantitative estimate of drug-likeness (QED) is 0.924. The summed E-state index contributed by atoms with van der Waals surface area (Å²) in [7, 11) is 1.31. The Balaban J connectivity index is 3.32. The van der Waals surface area contributed by atoms with Crippen molar-refractivity contribution >= 4 is 21.9 Å². The van der Waals surface area contributed by atoms with Gasteiger partial charge in [-0.15, -0.1) is 0 Å². The third kappa shape index (κ3) is 2.47. The Morgan fingerprint density at radius 3 is 2.67 bits per heavy atom. The van der Waals surface area contributed by atoms with Crippen molar-refractivity contribution in [3.63, 3.8) is 0 Å². The first-order valence-corrected chi connectivity index (χ1v) is 5.02. The summed E-state index contributed by atoms with van der Waals surface area (Å²) in [6.45, 7) is 1.48. The Bertz CT molecular complexity index is 392. The molecular formula is C10H10BrFO3. The van der Waals surface area contributed by atoms with Gasteiger partial charge in [-0.1, -0.05) is 15.9 Å². The lowest BCUT2D eigenvalue weighted by Gasteiger charge is -2.13. The molecule has 0 radical (unpaired) electrons. The number of carboxylic acids is 1. The summed E-state index contributed by atoms with van der Waals surface area (Å²) in [6, 6.07) is 2.78. The van der Waals surface area contributed by atoms with E-state index in [-0.39, 0.29) is 5.75 Å². The molecule has 0 aromatic heterocycles. The molecule has 0 spiro atoms. The highest BCUT2D eigenvalue weighted by atomic mass is 79.9. The van der Waals surface area contributed by atoms with E-state index in [2.05, 4.69) is 15.9 Å². The van der Waals surface area contributed by atoms with E-state index in [0.717, 1.165) is 0 Å². The van der Waals surface area contributed by atoms with Gasteiger partial charge in [-0.2, -0.15) is 0 Å². The Kier molecular flexibility index (Phi) is 3.68. The van der Waals surface area contributed by atoms with E-state index in [0.29, 0.717) is 10.0 Å². The monoisotopic (exact) mass is 276 g/mol. The summed E-state index contributed by atoms with van der Waals surface area (Å²) in [6.07, 6.45) is 0. The number of hydrogen-bond acceptors (Lipinski definition) is 2. The number of rotatable bonds is 3. The highest BCUT2D eigenvalue weighted by Gasteiger charge is 2.21. The van der Waals surface area contributed by atoms with Gasteiger partial charge < -0.3 is 9.84 Å². The van der Waals surface area contributed by atoms with Crippen LogP contribution >= 0.6 is 15.9 Å². The molecule has 0 bridgehead atoms. The van der Waals surface area contributed by atoms with E-state index in [9.17, 15) is 9.18 Å². The lowest BCUT2D eigenvalue weighted by molar-refractivity contribution is -0.138. The van der Waals surface area contributed by atoms with Gasteiger partial charge in [0.15, 0.2) is 11.6 Å². The number of benzene rings is 1. The number of hydrogen-bond donors (Lipinski definition) is 1. The van der Waals surface area contributed by atoms with Crippen LogP contribution < -0.4 is 4.74 Å². The highest BCUT2D eigenvalue weighted by Crippen LogP contribution is 2.32. The highest BCUT2D eigenvalue weighted by molar-refractivity contribution is 9.10. The second-order valence-corrected chi connectivity index (χ2v) is 3.99. The van der Waals surface area contributed by atoms with E-state index in [4.69, 9.17) is 9.84 Å². The molecule has 0 saturated carbocycles. The molecule has 82 valence electrons. The third-order valence-corrected chi connectivity index (χ3v) is 2.54. The fourth-order valence-electron chi connectivity index (χ4n) is 1.25. The number of methoxy groups -OCH3 is 1. The van der Waals surface area contributed by atoms with Gasteiger partial charge in [0.2, 0.25) is 0 Å². The van der Waals surface area contributed by atoms with Crippen LogP contribution in [-0.4, -0.2) is 18.2 Å². The fourth-order valence-corrected chi connectivity index (χ4v) is 1.70. The molecule has 0 aliphatic carbocycles. The summed E-state index contributed by atoms with van der Waals surface area (Å²) in [5.74, 6) is -2.43. The number of carbonyl (C=O) groups is 1. The first-order chi connectivity index (χ1) is 6.97. The lowest BCUT2D eigenvalue weighted by atomic mass is 10.0. The molecule has 0 fully saturated rings. The van der Waals surface area contributed by atoms with Crippen LogP contribution in [0.25, 0.3) is 0 Å².